The summed E-state index contributed by atoms with van der Waals surface area (Å²) in [6.45, 7) is 3.60. The first-order valence-electron chi connectivity index (χ1n) is 5.69. The molecule has 0 aliphatic carbocycles. The van der Waals surface area contributed by atoms with Crippen LogP contribution < -0.4 is 5.32 Å². The Balaban J connectivity index is 2.36. The molecule has 0 bridgehead atoms. The van der Waals surface area contributed by atoms with E-state index in [0.717, 1.165) is 30.2 Å². The number of hydrogen-bond donors (Lipinski definition) is 2. The van der Waals surface area contributed by atoms with Crippen LogP contribution in [-0.2, 0) is 13.6 Å². The Morgan fingerprint density at radius 3 is 3.06 bits per heavy atom. The molecule has 0 fully saturated rings. The average Bonchev–Trinajstić information content (AvgIpc) is 2.65. The van der Waals surface area contributed by atoms with Gasteiger partial charge in [0.1, 0.15) is 5.56 Å². The summed E-state index contributed by atoms with van der Waals surface area (Å²) in [5.74, 6) is 1.36. The smallest absolute Gasteiger partial charge is 0.339 e. The molecule has 2 N–H and O–H groups in total. The minimum absolute atomic E-state index is 0.280. The number of aromatic carboxylic acids is 1. The topological polar surface area (TPSA) is 67.2 Å². The molecule has 0 atom stereocenters. The molecule has 1 aromatic heterocycles. The number of thioether (sulfide) groups is 1. The Bertz CT molecular complexity index is 366. The highest BCUT2D eigenvalue weighted by Gasteiger charge is 2.13. The normalized spacial score (nSPS) is 10.7. The van der Waals surface area contributed by atoms with E-state index in [-0.39, 0.29) is 5.56 Å². The first kappa shape index (κ1) is 14.1. The average molecular weight is 257 g/mol. The Morgan fingerprint density at radius 1 is 1.65 bits per heavy atom. The fraction of sp³-hybridized carbons (Fsp3) is 0.636. The van der Waals surface area contributed by atoms with Crippen LogP contribution in [0.1, 0.15) is 29.4 Å². The standard InChI is InChI=1S/C11H19N3O2S/c1-3-17-6-4-5-12-8-10-9(11(15)16)7-13-14(10)2/h7,12H,3-6,8H2,1-2H3,(H,15,16). The molecule has 0 saturated heterocycles. The number of nitrogens with one attached hydrogen (secondary N) is 1. The molecule has 0 unspecified atom stereocenters. The lowest BCUT2D eigenvalue weighted by atomic mass is 10.2. The largest absolute Gasteiger partial charge is 0.478 e. The molecule has 0 aromatic carbocycles. The van der Waals surface area contributed by atoms with Gasteiger partial charge in [-0.2, -0.15) is 16.9 Å². The molecule has 0 spiro atoms. The van der Waals surface area contributed by atoms with E-state index in [1.54, 1.807) is 11.7 Å². The van der Waals surface area contributed by atoms with Crippen LogP contribution in [0.5, 0.6) is 0 Å². The summed E-state index contributed by atoms with van der Waals surface area (Å²) in [4.78, 5) is 10.9. The van der Waals surface area contributed by atoms with Gasteiger partial charge in [-0.15, -0.1) is 0 Å². The van der Waals surface area contributed by atoms with Crippen molar-refractivity contribution in [3.8, 4) is 0 Å². The molecule has 96 valence electrons. The summed E-state index contributed by atoms with van der Waals surface area (Å²) in [7, 11) is 1.76. The molecule has 0 radical (unpaired) electrons. The molecular formula is C11H19N3O2S. The van der Waals surface area contributed by atoms with Gasteiger partial charge in [0.05, 0.1) is 11.9 Å². The number of aromatic nitrogens is 2. The first-order valence-corrected chi connectivity index (χ1v) is 6.85. The SMILES string of the molecule is CCSCCCNCc1c(C(=O)O)cnn1C. The van der Waals surface area contributed by atoms with Gasteiger partial charge in [0.15, 0.2) is 0 Å². The van der Waals surface area contributed by atoms with E-state index in [1.165, 1.54) is 6.20 Å². The number of hydrogen-bond acceptors (Lipinski definition) is 4. The zero-order valence-corrected chi connectivity index (χ0v) is 11.1. The predicted octanol–water partition coefficient (Wildman–Crippen LogP) is 1.35. The van der Waals surface area contributed by atoms with Crippen molar-refractivity contribution in [2.45, 2.75) is 19.9 Å². The molecule has 0 aliphatic rings. The van der Waals surface area contributed by atoms with Crippen molar-refractivity contribution >= 4 is 17.7 Å². The predicted molar refractivity (Wildman–Crippen MR) is 69.5 cm³/mol. The molecule has 17 heavy (non-hydrogen) atoms. The van der Waals surface area contributed by atoms with E-state index in [4.69, 9.17) is 5.11 Å². The van der Waals surface area contributed by atoms with Gasteiger partial charge in [-0.25, -0.2) is 4.79 Å². The molecule has 1 rings (SSSR count). The van der Waals surface area contributed by atoms with Crippen molar-refractivity contribution in [1.82, 2.24) is 15.1 Å². The number of nitrogens with zero attached hydrogens (tertiary/aromatic N) is 2. The van der Waals surface area contributed by atoms with Gasteiger partial charge in [0, 0.05) is 13.6 Å². The number of aryl methyl sites for hydroxylation is 1. The lowest BCUT2D eigenvalue weighted by Crippen LogP contribution is -2.19. The zero-order chi connectivity index (χ0) is 12.7. The molecule has 6 heteroatoms. The summed E-state index contributed by atoms with van der Waals surface area (Å²) in [5, 5.41) is 16.2. The van der Waals surface area contributed by atoms with Crippen molar-refractivity contribution in [2.24, 2.45) is 7.05 Å². The molecular weight excluding hydrogens is 238 g/mol. The number of carboxylic acids is 1. The van der Waals surface area contributed by atoms with Crippen LogP contribution in [0.4, 0.5) is 0 Å². The minimum atomic E-state index is -0.920. The second-order valence-corrected chi connectivity index (χ2v) is 5.05. The van der Waals surface area contributed by atoms with Gasteiger partial charge in [-0.1, -0.05) is 6.92 Å². The number of carboxylic acid groups (broad SMARTS) is 1. The third-order valence-electron chi connectivity index (χ3n) is 2.43. The second kappa shape index (κ2) is 7.34. The van der Waals surface area contributed by atoms with Crippen LogP contribution in [-0.4, -0.2) is 38.9 Å². The van der Waals surface area contributed by atoms with Crippen LogP contribution in [0.25, 0.3) is 0 Å². The molecule has 5 nitrogen and oxygen atoms in total. The summed E-state index contributed by atoms with van der Waals surface area (Å²) < 4.78 is 1.61. The summed E-state index contributed by atoms with van der Waals surface area (Å²) in [5.41, 5.74) is 1.00. The Labute approximate surface area is 106 Å². The van der Waals surface area contributed by atoms with Crippen LogP contribution >= 0.6 is 11.8 Å². The minimum Gasteiger partial charge on any atom is -0.478 e. The highest BCUT2D eigenvalue weighted by molar-refractivity contribution is 7.99. The van der Waals surface area contributed by atoms with Crippen LogP contribution in [0.3, 0.4) is 0 Å². The van der Waals surface area contributed by atoms with Crippen LogP contribution in [0.2, 0.25) is 0 Å². The fourth-order valence-electron chi connectivity index (χ4n) is 1.50. The van der Waals surface area contributed by atoms with E-state index < -0.39 is 5.97 Å². The van der Waals surface area contributed by atoms with Gasteiger partial charge in [0.25, 0.3) is 0 Å². The van der Waals surface area contributed by atoms with Gasteiger partial charge >= 0.3 is 5.97 Å². The van der Waals surface area contributed by atoms with E-state index >= 15 is 0 Å². The Morgan fingerprint density at radius 2 is 2.41 bits per heavy atom. The van der Waals surface area contributed by atoms with Gasteiger partial charge < -0.3 is 10.4 Å². The Kier molecular flexibility index (Phi) is 6.07. The monoisotopic (exact) mass is 257 g/mol. The fourth-order valence-corrected chi connectivity index (χ4v) is 2.14. The molecule has 0 amide bonds. The van der Waals surface area contributed by atoms with Crippen molar-refractivity contribution in [2.75, 3.05) is 18.1 Å². The maximum Gasteiger partial charge on any atom is 0.339 e. The lowest BCUT2D eigenvalue weighted by Gasteiger charge is -2.06. The summed E-state index contributed by atoms with van der Waals surface area (Å²) in [6, 6.07) is 0. The third kappa shape index (κ3) is 4.40. The Hall–Kier alpha value is -1.01. The second-order valence-electron chi connectivity index (χ2n) is 3.66. The zero-order valence-electron chi connectivity index (χ0n) is 10.3. The maximum absolute atomic E-state index is 10.9. The van der Waals surface area contributed by atoms with E-state index in [2.05, 4.69) is 17.3 Å². The summed E-state index contributed by atoms with van der Waals surface area (Å²) in [6.07, 6.45) is 2.49. The van der Waals surface area contributed by atoms with Gasteiger partial charge in [-0.05, 0) is 24.5 Å². The van der Waals surface area contributed by atoms with Crippen molar-refractivity contribution in [3.63, 3.8) is 0 Å². The van der Waals surface area contributed by atoms with Crippen molar-refractivity contribution < 1.29 is 9.90 Å². The van der Waals surface area contributed by atoms with Crippen LogP contribution in [0, 0.1) is 0 Å². The van der Waals surface area contributed by atoms with Crippen LogP contribution in [0.15, 0.2) is 6.20 Å². The first-order chi connectivity index (χ1) is 8.16. The van der Waals surface area contributed by atoms with Crippen molar-refractivity contribution in [1.29, 1.82) is 0 Å². The molecule has 0 saturated carbocycles. The van der Waals surface area contributed by atoms with Crippen molar-refractivity contribution in [3.05, 3.63) is 17.5 Å². The number of carbonyl (C=O) groups is 1. The summed E-state index contributed by atoms with van der Waals surface area (Å²) >= 11 is 1.92. The third-order valence-corrected chi connectivity index (χ3v) is 3.42. The lowest BCUT2D eigenvalue weighted by molar-refractivity contribution is 0.0695. The number of rotatable bonds is 8. The van der Waals surface area contributed by atoms with E-state index in [0.29, 0.717) is 6.54 Å². The maximum atomic E-state index is 10.9. The quantitative estimate of drug-likeness (QED) is 0.688. The van der Waals surface area contributed by atoms with Gasteiger partial charge in [-0.3, -0.25) is 4.68 Å². The van der Waals surface area contributed by atoms with Gasteiger partial charge in [0.2, 0.25) is 0 Å². The van der Waals surface area contributed by atoms with E-state index in [1.807, 2.05) is 11.8 Å². The highest BCUT2D eigenvalue weighted by atomic mass is 32.2. The molecule has 0 aliphatic heterocycles. The molecule has 1 heterocycles. The van der Waals surface area contributed by atoms with E-state index in [9.17, 15) is 4.79 Å². The highest BCUT2D eigenvalue weighted by Crippen LogP contribution is 2.07. The molecule has 1 aromatic rings.